The van der Waals surface area contributed by atoms with Gasteiger partial charge in [0.25, 0.3) is 0 Å². The molecule has 200 valence electrons. The zero-order valence-electron chi connectivity index (χ0n) is 20.5. The van der Waals surface area contributed by atoms with Crippen LogP contribution >= 0.6 is 0 Å². The molecule has 0 fully saturated rings. The minimum absolute atomic E-state index is 0.283. The van der Waals surface area contributed by atoms with Gasteiger partial charge in [0.05, 0.1) is 38.4 Å². The summed E-state index contributed by atoms with van der Waals surface area (Å²) in [6.45, 7) is 2.17. The van der Waals surface area contributed by atoms with E-state index >= 15 is 0 Å². The van der Waals surface area contributed by atoms with Gasteiger partial charge in [-0.2, -0.15) is 0 Å². The third-order valence-corrected chi connectivity index (χ3v) is 6.37. The number of carbonyl (C=O) groups is 4. The van der Waals surface area contributed by atoms with Crippen LogP contribution in [-0.2, 0) is 0 Å². The van der Waals surface area contributed by atoms with E-state index in [9.17, 15) is 49.2 Å². The van der Waals surface area contributed by atoms with Crippen LogP contribution in [0.5, 0.6) is 11.5 Å². The van der Waals surface area contributed by atoms with Crippen molar-refractivity contribution in [3.8, 4) is 22.6 Å². The number of carboxylic acids is 2. The zero-order chi connectivity index (χ0) is 29.2. The Hall–Kier alpha value is -5.78. The maximum Gasteiger partial charge on any atom is 0.336 e. The average Bonchev–Trinajstić information content (AvgIpc) is 2.86. The molecule has 0 saturated heterocycles. The molecule has 0 spiro atoms. The summed E-state index contributed by atoms with van der Waals surface area (Å²) in [5, 5.41) is 37.9. The topological polar surface area (TPSA) is 210 Å². The van der Waals surface area contributed by atoms with Crippen LogP contribution < -0.4 is 10.9 Å². The van der Waals surface area contributed by atoms with Crippen molar-refractivity contribution in [3.05, 3.63) is 79.3 Å². The number of carbonyl (C=O) groups excluding carboxylic acids is 2. The van der Waals surface area contributed by atoms with Gasteiger partial charge in [-0.15, -0.1) is 0 Å². The van der Waals surface area contributed by atoms with Crippen molar-refractivity contribution in [3.63, 3.8) is 0 Å². The highest BCUT2D eigenvalue weighted by molar-refractivity contribution is 6.18. The monoisotopic (exact) mass is 544 g/mol. The van der Waals surface area contributed by atoms with Crippen molar-refractivity contribution in [2.24, 2.45) is 0 Å². The van der Waals surface area contributed by atoms with Crippen LogP contribution in [-0.4, -0.2) is 43.9 Å². The van der Waals surface area contributed by atoms with Crippen LogP contribution in [0.15, 0.2) is 55.0 Å². The summed E-state index contributed by atoms with van der Waals surface area (Å²) in [5.41, 5.74) is -5.57. The van der Waals surface area contributed by atoms with Crippen molar-refractivity contribution in [2.75, 3.05) is 0 Å². The molecule has 12 heteroatoms. The summed E-state index contributed by atoms with van der Waals surface area (Å²) in [4.78, 5) is 76.7. The molecule has 5 aromatic rings. The number of phenolic OH excluding ortho intramolecular Hbond substituents is 2. The van der Waals surface area contributed by atoms with Gasteiger partial charge in [-0.25, -0.2) is 9.59 Å². The number of Topliss-reactive ketones (excluding diaryl/α,β-unsaturated/α-hetero) is 2. The molecule has 0 saturated carbocycles. The van der Waals surface area contributed by atoms with E-state index in [0.717, 1.165) is 50.4 Å². The summed E-state index contributed by atoms with van der Waals surface area (Å²) in [6, 6.07) is 4.71. The fraction of sp³-hybridized carbons (Fsp3) is 0.0714. The van der Waals surface area contributed by atoms with Crippen LogP contribution in [0.4, 0.5) is 0 Å². The SMILES string of the molecule is CC(=O)c1cc2c(=O)c3c(C(=O)O)cc(O)cc3oc2c(C(C)=O)c1-c1coc2cc(O)cc(C(=O)O)c2c1=O. The van der Waals surface area contributed by atoms with Gasteiger partial charge in [-0.1, -0.05) is 0 Å². The molecular weight excluding hydrogens is 528 g/mol. The summed E-state index contributed by atoms with van der Waals surface area (Å²) < 4.78 is 11.2. The van der Waals surface area contributed by atoms with Gasteiger partial charge in [-0.05, 0) is 32.0 Å². The number of aromatic carboxylic acids is 2. The fourth-order valence-corrected chi connectivity index (χ4v) is 4.74. The molecular formula is C28H16O12. The molecule has 0 bridgehead atoms. The first-order chi connectivity index (χ1) is 18.8. The largest absolute Gasteiger partial charge is 0.508 e. The van der Waals surface area contributed by atoms with Gasteiger partial charge >= 0.3 is 11.9 Å². The maximum atomic E-state index is 13.7. The fourth-order valence-electron chi connectivity index (χ4n) is 4.74. The number of phenols is 2. The van der Waals surface area contributed by atoms with Crippen molar-refractivity contribution in [1.29, 1.82) is 0 Å². The standard InChI is InChI=1S/C28H16O12/c1-9(29)13-7-16-24(33)23-15(28(37)38)4-12(32)6-19(23)40-26(16)20(10(2)30)21(13)17-8-39-18-5-11(31)3-14(27(35)36)22(18)25(17)34/h3-8,31-32H,1-2H3,(H,35,36)(H,37,38). The van der Waals surface area contributed by atoms with Crippen LogP contribution in [0.3, 0.4) is 0 Å². The lowest BCUT2D eigenvalue weighted by Gasteiger charge is -2.15. The van der Waals surface area contributed by atoms with E-state index in [1.165, 1.54) is 0 Å². The molecule has 2 heterocycles. The first-order valence-electron chi connectivity index (χ1n) is 11.4. The molecule has 12 nitrogen and oxygen atoms in total. The normalized spacial score (nSPS) is 11.2. The van der Waals surface area contributed by atoms with Crippen molar-refractivity contribution < 1.29 is 48.4 Å². The molecule has 0 amide bonds. The number of aromatic hydroxyl groups is 2. The zero-order valence-corrected chi connectivity index (χ0v) is 20.5. The molecule has 2 aromatic heterocycles. The van der Waals surface area contributed by atoms with E-state index in [4.69, 9.17) is 8.83 Å². The Labute approximate surface area is 220 Å². The second kappa shape index (κ2) is 8.91. The highest BCUT2D eigenvalue weighted by Crippen LogP contribution is 2.36. The number of benzene rings is 3. The van der Waals surface area contributed by atoms with Gasteiger partial charge in [0.2, 0.25) is 10.9 Å². The molecule has 0 radical (unpaired) electrons. The van der Waals surface area contributed by atoms with E-state index in [0.29, 0.717) is 0 Å². The number of rotatable bonds is 5. The number of hydrogen-bond acceptors (Lipinski definition) is 10. The highest BCUT2D eigenvalue weighted by atomic mass is 16.4. The molecule has 0 aliphatic carbocycles. The molecule has 40 heavy (non-hydrogen) atoms. The third kappa shape index (κ3) is 3.77. The van der Waals surface area contributed by atoms with Crippen molar-refractivity contribution in [1.82, 2.24) is 0 Å². The quantitative estimate of drug-likeness (QED) is 0.183. The molecule has 0 aliphatic heterocycles. The summed E-state index contributed by atoms with van der Waals surface area (Å²) in [6.07, 6.45) is 0.878. The summed E-state index contributed by atoms with van der Waals surface area (Å²) >= 11 is 0. The first-order valence-corrected chi connectivity index (χ1v) is 11.4. The lowest BCUT2D eigenvalue weighted by Crippen LogP contribution is -2.16. The molecule has 0 atom stereocenters. The Balaban J connectivity index is 2.04. The molecule has 4 N–H and O–H groups in total. The average molecular weight is 544 g/mol. The number of ketones is 2. The lowest BCUT2D eigenvalue weighted by molar-refractivity contribution is 0.0687. The Kier molecular flexibility index (Phi) is 5.76. The van der Waals surface area contributed by atoms with E-state index < -0.39 is 84.5 Å². The predicted octanol–water partition coefficient (Wildman–Crippen LogP) is 3.93. The molecule has 0 aliphatic rings. The van der Waals surface area contributed by atoms with Gasteiger partial charge in [-0.3, -0.25) is 19.2 Å². The number of hydrogen-bond donors (Lipinski definition) is 4. The van der Waals surface area contributed by atoms with Gasteiger partial charge in [0.1, 0.15) is 34.5 Å². The van der Waals surface area contributed by atoms with E-state index in [1.54, 1.807) is 0 Å². The Morgan fingerprint density at radius 3 is 1.77 bits per heavy atom. The summed E-state index contributed by atoms with van der Waals surface area (Å²) in [5.74, 6) is -5.61. The second-order valence-electron chi connectivity index (χ2n) is 8.92. The molecule has 5 rings (SSSR count). The van der Waals surface area contributed by atoms with Gasteiger partial charge in [0.15, 0.2) is 11.6 Å². The first kappa shape index (κ1) is 25.9. The second-order valence-corrected chi connectivity index (χ2v) is 8.92. The van der Waals surface area contributed by atoms with Crippen LogP contribution in [0.25, 0.3) is 44.0 Å². The van der Waals surface area contributed by atoms with Crippen LogP contribution in [0, 0.1) is 0 Å². The third-order valence-electron chi connectivity index (χ3n) is 6.37. The summed E-state index contributed by atoms with van der Waals surface area (Å²) in [7, 11) is 0. The van der Waals surface area contributed by atoms with E-state index in [-0.39, 0.29) is 27.7 Å². The minimum atomic E-state index is -1.56. The maximum absolute atomic E-state index is 13.7. The Morgan fingerprint density at radius 2 is 1.25 bits per heavy atom. The number of carboxylic acid groups (broad SMARTS) is 2. The molecule has 3 aromatic carbocycles. The Morgan fingerprint density at radius 1 is 0.700 bits per heavy atom. The van der Waals surface area contributed by atoms with Crippen LogP contribution in [0.1, 0.15) is 55.3 Å². The van der Waals surface area contributed by atoms with Gasteiger partial charge < -0.3 is 29.3 Å². The molecule has 0 unspecified atom stereocenters. The predicted molar refractivity (Wildman–Crippen MR) is 139 cm³/mol. The van der Waals surface area contributed by atoms with E-state index in [1.807, 2.05) is 0 Å². The number of fused-ring (bicyclic) bond motifs is 3. The Bertz CT molecular complexity index is 2130. The van der Waals surface area contributed by atoms with Crippen LogP contribution in [0.2, 0.25) is 0 Å². The van der Waals surface area contributed by atoms with Crippen molar-refractivity contribution >= 4 is 56.4 Å². The van der Waals surface area contributed by atoms with Crippen molar-refractivity contribution in [2.45, 2.75) is 13.8 Å². The highest BCUT2D eigenvalue weighted by Gasteiger charge is 2.29. The minimum Gasteiger partial charge on any atom is -0.508 e. The van der Waals surface area contributed by atoms with Gasteiger partial charge in [0, 0.05) is 23.3 Å². The smallest absolute Gasteiger partial charge is 0.336 e. The van der Waals surface area contributed by atoms with E-state index in [2.05, 4.69) is 0 Å². The lowest BCUT2D eigenvalue weighted by atomic mass is 9.88.